The molecule has 1 aliphatic carbocycles. The van der Waals surface area contributed by atoms with Crippen LogP contribution in [0.4, 0.5) is 17.3 Å². The van der Waals surface area contributed by atoms with Crippen molar-refractivity contribution in [1.29, 1.82) is 0 Å². The number of nitrogens with one attached hydrogen (secondary N) is 2. The molecule has 0 atom stereocenters. The summed E-state index contributed by atoms with van der Waals surface area (Å²) in [5.41, 5.74) is 3.10. The highest BCUT2D eigenvalue weighted by Crippen LogP contribution is 2.31. The van der Waals surface area contributed by atoms with Crippen LogP contribution in [0.25, 0.3) is 11.2 Å². The maximum atomic E-state index is 12.6. The molecular weight excluding hydrogens is 414 g/mol. The van der Waals surface area contributed by atoms with Crippen LogP contribution in [0.3, 0.4) is 0 Å². The van der Waals surface area contributed by atoms with Crippen molar-refractivity contribution in [3.05, 3.63) is 39.9 Å². The van der Waals surface area contributed by atoms with Gasteiger partial charge in [-0.25, -0.2) is 9.78 Å². The van der Waals surface area contributed by atoms with Gasteiger partial charge in [0.2, 0.25) is 5.95 Å². The average Bonchev–Trinajstić information content (AvgIpc) is 3.10. The highest BCUT2D eigenvalue weighted by Gasteiger charge is 2.21. The zero-order chi connectivity index (χ0) is 21.4. The van der Waals surface area contributed by atoms with Crippen LogP contribution >= 0.6 is 11.6 Å². The van der Waals surface area contributed by atoms with E-state index in [1.807, 2.05) is 22.8 Å². The van der Waals surface area contributed by atoms with E-state index in [4.69, 9.17) is 11.6 Å². The number of benzene rings is 1. The van der Waals surface area contributed by atoms with E-state index >= 15 is 0 Å². The van der Waals surface area contributed by atoms with Crippen LogP contribution in [-0.2, 0) is 0 Å². The van der Waals surface area contributed by atoms with Gasteiger partial charge >= 0.3 is 5.69 Å². The second-order valence-electron chi connectivity index (χ2n) is 8.60. The largest absolute Gasteiger partial charge is 0.368 e. The molecule has 31 heavy (non-hydrogen) atoms. The molecule has 3 aromatic rings. The monoisotopic (exact) mass is 441 g/mol. The lowest BCUT2D eigenvalue weighted by Crippen LogP contribution is -2.44. The van der Waals surface area contributed by atoms with Crippen molar-refractivity contribution in [3.8, 4) is 0 Å². The smallest absolute Gasteiger partial charge is 0.327 e. The molecule has 0 spiro atoms. The van der Waals surface area contributed by atoms with Crippen molar-refractivity contribution in [2.24, 2.45) is 0 Å². The maximum absolute atomic E-state index is 12.6. The molecule has 5 rings (SSSR count). The molecule has 2 aliphatic rings. The summed E-state index contributed by atoms with van der Waals surface area (Å²) in [6, 6.07) is 6.16. The fourth-order valence-corrected chi connectivity index (χ4v) is 4.97. The number of imidazole rings is 1. The van der Waals surface area contributed by atoms with E-state index in [0.717, 1.165) is 63.2 Å². The summed E-state index contributed by atoms with van der Waals surface area (Å²) in [6.07, 6.45) is 7.24. The number of anilines is 3. The Balaban J connectivity index is 1.39. The van der Waals surface area contributed by atoms with Crippen molar-refractivity contribution < 1.29 is 0 Å². The molecule has 3 heterocycles. The topological polar surface area (TPSA) is 82.1 Å². The van der Waals surface area contributed by atoms with Gasteiger partial charge in [-0.2, -0.15) is 4.98 Å². The highest BCUT2D eigenvalue weighted by molar-refractivity contribution is 6.33. The SMILES string of the molecule is CN1CCN(c2ccc(Nc3ncc4[nH]c(=O)n(C5CCCCC5)c4n3)cc2Cl)CC1. The Hall–Kier alpha value is -2.58. The second-order valence-corrected chi connectivity index (χ2v) is 9.01. The first-order valence-corrected chi connectivity index (χ1v) is 11.4. The Kier molecular flexibility index (Phi) is 5.58. The normalized spacial score (nSPS) is 18.6. The number of halogens is 1. The number of hydrogen-bond donors (Lipinski definition) is 2. The molecule has 164 valence electrons. The summed E-state index contributed by atoms with van der Waals surface area (Å²) >= 11 is 6.60. The number of likely N-dealkylation sites (N-methyl/N-ethyl adjacent to an activating group) is 1. The van der Waals surface area contributed by atoms with E-state index in [2.05, 4.69) is 37.1 Å². The van der Waals surface area contributed by atoms with Gasteiger partial charge in [-0.3, -0.25) is 4.57 Å². The lowest BCUT2D eigenvalue weighted by Gasteiger charge is -2.34. The second kappa shape index (κ2) is 8.51. The number of nitrogens with zero attached hydrogens (tertiary/aromatic N) is 5. The van der Waals surface area contributed by atoms with Crippen molar-refractivity contribution in [2.45, 2.75) is 38.1 Å². The van der Waals surface area contributed by atoms with Gasteiger partial charge in [0, 0.05) is 37.9 Å². The Bertz CT molecular complexity index is 1130. The van der Waals surface area contributed by atoms with E-state index in [-0.39, 0.29) is 11.7 Å². The molecule has 1 saturated heterocycles. The van der Waals surface area contributed by atoms with Crippen LogP contribution in [-0.4, -0.2) is 57.6 Å². The highest BCUT2D eigenvalue weighted by atomic mass is 35.5. The fraction of sp³-hybridized carbons (Fsp3) is 0.500. The van der Waals surface area contributed by atoms with Crippen LogP contribution in [0, 0.1) is 0 Å². The lowest BCUT2D eigenvalue weighted by atomic mass is 9.95. The number of aromatic nitrogens is 4. The van der Waals surface area contributed by atoms with Gasteiger partial charge in [0.05, 0.1) is 16.9 Å². The minimum atomic E-state index is -0.104. The molecule has 1 saturated carbocycles. The van der Waals surface area contributed by atoms with Gasteiger partial charge in [0.1, 0.15) is 5.52 Å². The standard InChI is InChI=1S/C22H28ClN7O/c1-28-9-11-29(12-10-28)19-8-7-15(13-17(19)23)25-21-24-14-18-20(27-21)30(22(31)26-18)16-5-3-2-4-6-16/h7-8,13-14,16H,2-6,9-12H2,1H3,(H,26,31)(H,24,25,27). The predicted molar refractivity (Wildman–Crippen MR) is 125 cm³/mol. The van der Waals surface area contributed by atoms with Crippen LogP contribution in [0.5, 0.6) is 0 Å². The van der Waals surface area contributed by atoms with Crippen LogP contribution in [0.15, 0.2) is 29.2 Å². The van der Waals surface area contributed by atoms with Crippen molar-refractivity contribution in [2.75, 3.05) is 43.4 Å². The summed E-state index contributed by atoms with van der Waals surface area (Å²) in [5, 5.41) is 3.96. The fourth-order valence-electron chi connectivity index (χ4n) is 4.67. The molecule has 2 aromatic heterocycles. The van der Waals surface area contributed by atoms with Crippen molar-refractivity contribution in [1.82, 2.24) is 24.4 Å². The lowest BCUT2D eigenvalue weighted by molar-refractivity contribution is 0.313. The van der Waals surface area contributed by atoms with E-state index in [1.54, 1.807) is 6.20 Å². The number of H-pyrrole nitrogens is 1. The zero-order valence-corrected chi connectivity index (χ0v) is 18.5. The van der Waals surface area contributed by atoms with Crippen molar-refractivity contribution >= 4 is 40.1 Å². The Morgan fingerprint density at radius 1 is 1.13 bits per heavy atom. The first-order valence-electron chi connectivity index (χ1n) is 11.1. The number of hydrogen-bond acceptors (Lipinski definition) is 6. The third-order valence-electron chi connectivity index (χ3n) is 6.44. The minimum Gasteiger partial charge on any atom is -0.368 e. The van der Waals surface area contributed by atoms with E-state index in [0.29, 0.717) is 22.1 Å². The van der Waals surface area contributed by atoms with Gasteiger partial charge in [-0.05, 0) is 38.1 Å². The predicted octanol–water partition coefficient (Wildman–Crippen LogP) is 3.77. The number of rotatable bonds is 4. The molecule has 0 unspecified atom stereocenters. The zero-order valence-electron chi connectivity index (χ0n) is 17.8. The minimum absolute atomic E-state index is 0.104. The summed E-state index contributed by atoms with van der Waals surface area (Å²) in [4.78, 5) is 29.1. The molecule has 2 fully saturated rings. The van der Waals surface area contributed by atoms with Gasteiger partial charge < -0.3 is 20.1 Å². The van der Waals surface area contributed by atoms with Crippen LogP contribution in [0.1, 0.15) is 38.1 Å². The molecule has 1 aliphatic heterocycles. The van der Waals surface area contributed by atoms with Gasteiger partial charge in [0.15, 0.2) is 5.65 Å². The van der Waals surface area contributed by atoms with Gasteiger partial charge in [-0.1, -0.05) is 30.9 Å². The van der Waals surface area contributed by atoms with Crippen LogP contribution in [0.2, 0.25) is 5.02 Å². The number of piperazine rings is 1. The summed E-state index contributed by atoms with van der Waals surface area (Å²) < 4.78 is 1.81. The average molecular weight is 442 g/mol. The Morgan fingerprint density at radius 2 is 1.90 bits per heavy atom. The van der Waals surface area contributed by atoms with E-state index in [9.17, 15) is 4.79 Å². The molecule has 0 amide bonds. The molecule has 1 aromatic carbocycles. The van der Waals surface area contributed by atoms with Crippen molar-refractivity contribution in [3.63, 3.8) is 0 Å². The first-order chi connectivity index (χ1) is 15.1. The summed E-state index contributed by atoms with van der Waals surface area (Å²) in [6.45, 7) is 4.00. The molecule has 0 radical (unpaired) electrons. The Labute approximate surface area is 186 Å². The molecule has 9 heteroatoms. The molecule has 2 N–H and O–H groups in total. The van der Waals surface area contributed by atoms with Gasteiger partial charge in [0.25, 0.3) is 0 Å². The third kappa shape index (κ3) is 4.14. The third-order valence-corrected chi connectivity index (χ3v) is 6.75. The van der Waals surface area contributed by atoms with E-state index < -0.39 is 0 Å². The first kappa shape index (κ1) is 20.3. The number of fused-ring (bicyclic) bond motifs is 1. The quantitative estimate of drug-likeness (QED) is 0.641. The molecule has 8 nitrogen and oxygen atoms in total. The van der Waals surface area contributed by atoms with E-state index in [1.165, 1.54) is 6.42 Å². The number of aromatic amines is 1. The van der Waals surface area contributed by atoms with Crippen LogP contribution < -0.4 is 15.9 Å². The maximum Gasteiger partial charge on any atom is 0.327 e. The molecular formula is C22H28ClN7O. The molecule has 0 bridgehead atoms. The Morgan fingerprint density at radius 3 is 2.65 bits per heavy atom. The summed E-state index contributed by atoms with van der Waals surface area (Å²) in [7, 11) is 2.14. The van der Waals surface area contributed by atoms with Gasteiger partial charge in [-0.15, -0.1) is 0 Å². The summed E-state index contributed by atoms with van der Waals surface area (Å²) in [5.74, 6) is 0.458.